The Labute approximate surface area is 99.8 Å². The van der Waals surface area contributed by atoms with Crippen LogP contribution in [0.5, 0.6) is 0 Å². The van der Waals surface area contributed by atoms with Crippen LogP contribution < -0.4 is 5.32 Å². The number of rotatable bonds is 4. The van der Waals surface area contributed by atoms with E-state index in [1.807, 2.05) is 32.8 Å². The van der Waals surface area contributed by atoms with Crippen molar-refractivity contribution >= 4 is 17.4 Å². The van der Waals surface area contributed by atoms with Crippen LogP contribution in [-0.2, 0) is 0 Å². The van der Waals surface area contributed by atoms with E-state index in [4.69, 9.17) is 11.6 Å². The molecule has 16 heavy (non-hydrogen) atoms. The van der Waals surface area contributed by atoms with Crippen LogP contribution in [-0.4, -0.2) is 41.0 Å². The average Bonchev–Trinajstić information content (AvgIpc) is 2.19. The summed E-state index contributed by atoms with van der Waals surface area (Å²) < 4.78 is 13.3. The van der Waals surface area contributed by atoms with E-state index in [-0.39, 0.29) is 16.6 Å². The molecule has 4 nitrogen and oxygen atoms in total. The fraction of sp³-hybridized carbons (Fsp3) is 0.600. The summed E-state index contributed by atoms with van der Waals surface area (Å²) in [6, 6.07) is 0. The molecule has 0 aliphatic rings. The third-order valence-corrected chi connectivity index (χ3v) is 2.80. The fourth-order valence-electron chi connectivity index (χ4n) is 0.928. The Morgan fingerprint density at radius 2 is 2.12 bits per heavy atom. The normalized spacial score (nSPS) is 11.9. The van der Waals surface area contributed by atoms with Crippen molar-refractivity contribution in [3.63, 3.8) is 0 Å². The summed E-state index contributed by atoms with van der Waals surface area (Å²) in [6.45, 7) is 4.64. The maximum Gasteiger partial charge on any atom is 0.224 e. The van der Waals surface area contributed by atoms with Gasteiger partial charge in [-0.1, -0.05) is 0 Å². The molecule has 1 aromatic heterocycles. The first-order chi connectivity index (χ1) is 7.33. The number of hydrogen-bond donors (Lipinski definition) is 1. The molecule has 0 radical (unpaired) electrons. The zero-order chi connectivity index (χ0) is 12.3. The maximum absolute atomic E-state index is 13.3. The summed E-state index contributed by atoms with van der Waals surface area (Å²) in [6.07, 6.45) is 1.06. The molecule has 0 fully saturated rings. The van der Waals surface area contributed by atoms with Crippen LogP contribution >= 0.6 is 11.6 Å². The Hall–Kier alpha value is -0.940. The Kier molecular flexibility index (Phi) is 4.04. The lowest BCUT2D eigenvalue weighted by Gasteiger charge is -2.32. The summed E-state index contributed by atoms with van der Waals surface area (Å²) in [5, 5.41) is 2.96. The molecular formula is C10H16ClFN4. The molecule has 0 atom stereocenters. The monoisotopic (exact) mass is 246 g/mol. The van der Waals surface area contributed by atoms with Gasteiger partial charge in [0.15, 0.2) is 11.6 Å². The lowest BCUT2D eigenvalue weighted by atomic mass is 10.0. The highest BCUT2D eigenvalue weighted by atomic mass is 35.5. The van der Waals surface area contributed by atoms with E-state index < -0.39 is 5.82 Å². The predicted octanol–water partition coefficient (Wildman–Crippen LogP) is 2.02. The SMILES string of the molecule is CN(C)C(C)(C)CNc1nc(Cl)ncc1F. The first-order valence-electron chi connectivity index (χ1n) is 4.92. The highest BCUT2D eigenvalue weighted by Gasteiger charge is 2.20. The molecule has 90 valence electrons. The van der Waals surface area contributed by atoms with Gasteiger partial charge in [-0.25, -0.2) is 9.37 Å². The van der Waals surface area contributed by atoms with Crippen LogP contribution in [0, 0.1) is 5.82 Å². The highest BCUT2D eigenvalue weighted by Crippen LogP contribution is 2.15. The van der Waals surface area contributed by atoms with Crippen LogP contribution in [0.3, 0.4) is 0 Å². The van der Waals surface area contributed by atoms with Gasteiger partial charge < -0.3 is 10.2 Å². The van der Waals surface area contributed by atoms with Gasteiger partial charge in [0.1, 0.15) is 0 Å². The second kappa shape index (κ2) is 4.93. The Morgan fingerprint density at radius 3 is 2.69 bits per heavy atom. The number of nitrogens with one attached hydrogen (secondary N) is 1. The van der Waals surface area contributed by atoms with Crippen LogP contribution in [0.15, 0.2) is 6.20 Å². The first-order valence-corrected chi connectivity index (χ1v) is 5.30. The molecule has 6 heteroatoms. The first kappa shape index (κ1) is 13.1. The standard InChI is InChI=1S/C10H16ClFN4/c1-10(2,16(3)4)6-14-8-7(12)5-13-9(11)15-8/h5H,6H2,1-4H3,(H,13,14,15). The number of hydrogen-bond acceptors (Lipinski definition) is 4. The number of anilines is 1. The van der Waals surface area contributed by atoms with Gasteiger partial charge in [-0.15, -0.1) is 0 Å². The summed E-state index contributed by atoms with van der Waals surface area (Å²) in [4.78, 5) is 9.37. The smallest absolute Gasteiger partial charge is 0.224 e. The lowest BCUT2D eigenvalue weighted by molar-refractivity contribution is 0.209. The van der Waals surface area contributed by atoms with Crippen molar-refractivity contribution in [2.24, 2.45) is 0 Å². The number of aromatic nitrogens is 2. The molecule has 0 aliphatic carbocycles. The Morgan fingerprint density at radius 1 is 1.50 bits per heavy atom. The van der Waals surface area contributed by atoms with Crippen molar-refractivity contribution in [1.29, 1.82) is 0 Å². The topological polar surface area (TPSA) is 41.0 Å². The average molecular weight is 247 g/mol. The molecule has 1 rings (SSSR count). The molecule has 0 spiro atoms. The molecule has 0 unspecified atom stereocenters. The minimum absolute atomic E-state index is 0.0339. The van der Waals surface area contributed by atoms with E-state index in [1.165, 1.54) is 0 Å². The zero-order valence-corrected chi connectivity index (χ0v) is 10.6. The number of nitrogens with zero attached hydrogens (tertiary/aromatic N) is 3. The third-order valence-electron chi connectivity index (χ3n) is 2.61. The van der Waals surface area contributed by atoms with Gasteiger partial charge in [0.05, 0.1) is 6.20 Å². The lowest BCUT2D eigenvalue weighted by Crippen LogP contribution is -2.44. The minimum Gasteiger partial charge on any atom is -0.366 e. The van der Waals surface area contributed by atoms with Crippen molar-refractivity contribution in [2.45, 2.75) is 19.4 Å². The summed E-state index contributed by atoms with van der Waals surface area (Å²) in [7, 11) is 3.93. The van der Waals surface area contributed by atoms with Crippen LogP contribution in [0.4, 0.5) is 10.2 Å². The molecule has 1 heterocycles. The van der Waals surface area contributed by atoms with E-state index in [1.54, 1.807) is 0 Å². The minimum atomic E-state index is -0.501. The quantitative estimate of drug-likeness (QED) is 0.826. The predicted molar refractivity (Wildman–Crippen MR) is 63.3 cm³/mol. The molecule has 0 saturated heterocycles. The highest BCUT2D eigenvalue weighted by molar-refractivity contribution is 6.28. The molecule has 0 saturated carbocycles. The van der Waals surface area contributed by atoms with E-state index in [0.717, 1.165) is 6.20 Å². The molecule has 0 amide bonds. The van der Waals surface area contributed by atoms with Gasteiger partial charge in [-0.05, 0) is 39.5 Å². The van der Waals surface area contributed by atoms with E-state index in [9.17, 15) is 4.39 Å². The second-order valence-electron chi connectivity index (χ2n) is 4.40. The van der Waals surface area contributed by atoms with E-state index >= 15 is 0 Å². The van der Waals surface area contributed by atoms with Crippen LogP contribution in [0.2, 0.25) is 5.28 Å². The third kappa shape index (κ3) is 3.28. The van der Waals surface area contributed by atoms with Crippen molar-refractivity contribution in [2.75, 3.05) is 26.0 Å². The molecule has 0 bridgehead atoms. The van der Waals surface area contributed by atoms with Crippen molar-refractivity contribution in [3.8, 4) is 0 Å². The summed E-state index contributed by atoms with van der Waals surface area (Å²) in [5.74, 6) is -0.367. The van der Waals surface area contributed by atoms with E-state index in [0.29, 0.717) is 6.54 Å². The maximum atomic E-state index is 13.3. The van der Waals surface area contributed by atoms with Gasteiger partial charge in [-0.2, -0.15) is 4.98 Å². The van der Waals surface area contributed by atoms with Gasteiger partial charge in [0.25, 0.3) is 0 Å². The molecule has 1 aromatic rings. The van der Waals surface area contributed by atoms with Gasteiger partial charge in [0.2, 0.25) is 5.28 Å². The molecule has 1 N–H and O–H groups in total. The Balaban J connectivity index is 2.71. The van der Waals surface area contributed by atoms with Crippen LogP contribution in [0.25, 0.3) is 0 Å². The van der Waals surface area contributed by atoms with Crippen molar-refractivity contribution in [3.05, 3.63) is 17.3 Å². The van der Waals surface area contributed by atoms with Gasteiger partial charge in [0, 0.05) is 12.1 Å². The Bertz CT molecular complexity index is 368. The van der Waals surface area contributed by atoms with Crippen LogP contribution in [0.1, 0.15) is 13.8 Å². The zero-order valence-electron chi connectivity index (χ0n) is 9.88. The number of halogens is 2. The summed E-state index contributed by atoms with van der Waals surface area (Å²) >= 11 is 5.59. The number of likely N-dealkylation sites (N-methyl/N-ethyl adjacent to an activating group) is 1. The van der Waals surface area contributed by atoms with Gasteiger partial charge >= 0.3 is 0 Å². The van der Waals surface area contributed by atoms with Crippen molar-refractivity contribution in [1.82, 2.24) is 14.9 Å². The molecule has 0 aliphatic heterocycles. The molecule has 0 aromatic carbocycles. The molecular weight excluding hydrogens is 231 g/mol. The van der Waals surface area contributed by atoms with E-state index in [2.05, 4.69) is 15.3 Å². The largest absolute Gasteiger partial charge is 0.366 e. The van der Waals surface area contributed by atoms with Crippen molar-refractivity contribution < 1.29 is 4.39 Å². The van der Waals surface area contributed by atoms with Gasteiger partial charge in [-0.3, -0.25) is 0 Å². The second-order valence-corrected chi connectivity index (χ2v) is 4.73. The summed E-state index contributed by atoms with van der Waals surface area (Å²) in [5.41, 5.74) is -0.107. The fourth-order valence-corrected chi connectivity index (χ4v) is 1.06.